The zero-order valence-electron chi connectivity index (χ0n) is 8.05. The van der Waals surface area contributed by atoms with E-state index in [9.17, 15) is 0 Å². The molecule has 2 nitrogen and oxygen atoms in total. The Hall–Kier alpha value is -1.01. The highest BCUT2D eigenvalue weighted by Crippen LogP contribution is 1.99. The molecule has 0 aliphatic heterocycles. The normalized spacial score (nSPS) is 10.7. The maximum atomic E-state index is 4.05. The maximum absolute atomic E-state index is 4.05. The van der Waals surface area contributed by atoms with Crippen molar-refractivity contribution in [2.75, 3.05) is 0 Å². The Morgan fingerprint density at radius 1 is 1.42 bits per heavy atom. The van der Waals surface area contributed by atoms with Crippen molar-refractivity contribution in [2.24, 2.45) is 7.05 Å². The van der Waals surface area contributed by atoms with Gasteiger partial charge in [0.1, 0.15) is 8.07 Å². The second-order valence-corrected chi connectivity index (χ2v) is 8.65. The Balaban J connectivity index is 2.80. The maximum Gasteiger partial charge on any atom is 0.129 e. The van der Waals surface area contributed by atoms with Crippen molar-refractivity contribution in [1.82, 2.24) is 9.78 Å². The minimum atomic E-state index is -1.23. The van der Waals surface area contributed by atoms with Gasteiger partial charge in [-0.3, -0.25) is 4.68 Å². The first-order valence-corrected chi connectivity index (χ1v) is 7.49. The van der Waals surface area contributed by atoms with Gasteiger partial charge in [-0.25, -0.2) is 0 Å². The number of rotatable bonds is 0. The monoisotopic (exact) mass is 178 g/mol. The Bertz CT molecular complexity index is 322. The molecular formula is C9H14N2Si. The van der Waals surface area contributed by atoms with Gasteiger partial charge in [-0.1, -0.05) is 25.6 Å². The molecule has 0 N–H and O–H groups in total. The van der Waals surface area contributed by atoms with E-state index in [2.05, 4.69) is 36.2 Å². The Morgan fingerprint density at radius 3 is 2.50 bits per heavy atom. The summed E-state index contributed by atoms with van der Waals surface area (Å²) < 4.78 is 1.77. The summed E-state index contributed by atoms with van der Waals surface area (Å²) in [5.41, 5.74) is 4.30. The van der Waals surface area contributed by atoms with Gasteiger partial charge in [0.05, 0.1) is 11.8 Å². The first-order valence-electron chi connectivity index (χ1n) is 3.99. The van der Waals surface area contributed by atoms with Crippen LogP contribution >= 0.6 is 0 Å². The van der Waals surface area contributed by atoms with Gasteiger partial charge in [-0.2, -0.15) is 5.10 Å². The lowest BCUT2D eigenvalue weighted by atomic mass is 10.4. The fraction of sp³-hybridized carbons (Fsp3) is 0.444. The highest BCUT2D eigenvalue weighted by Gasteiger charge is 2.07. The van der Waals surface area contributed by atoms with E-state index in [1.807, 2.05) is 13.2 Å². The number of aryl methyl sites for hydroxylation is 1. The predicted molar refractivity (Wildman–Crippen MR) is 53.4 cm³/mol. The molecule has 1 aromatic rings. The van der Waals surface area contributed by atoms with Gasteiger partial charge >= 0.3 is 0 Å². The first kappa shape index (κ1) is 9.08. The van der Waals surface area contributed by atoms with E-state index in [-0.39, 0.29) is 0 Å². The van der Waals surface area contributed by atoms with Crippen LogP contribution in [-0.4, -0.2) is 17.9 Å². The molecule has 0 aliphatic rings. The smallest absolute Gasteiger partial charge is 0.129 e. The third-order valence-corrected chi connectivity index (χ3v) is 2.16. The molecule has 3 heteroatoms. The molecular weight excluding hydrogens is 164 g/mol. The van der Waals surface area contributed by atoms with E-state index < -0.39 is 8.07 Å². The van der Waals surface area contributed by atoms with Crippen LogP contribution < -0.4 is 0 Å². The SMILES string of the molecule is Cn1cc(C#C[Si](C)(C)C)cn1. The van der Waals surface area contributed by atoms with E-state index in [1.165, 1.54) is 0 Å². The molecule has 64 valence electrons. The van der Waals surface area contributed by atoms with Crippen molar-refractivity contribution >= 4 is 8.07 Å². The number of nitrogens with zero attached hydrogens (tertiary/aromatic N) is 2. The zero-order valence-corrected chi connectivity index (χ0v) is 9.05. The average molecular weight is 178 g/mol. The van der Waals surface area contributed by atoms with E-state index in [0.717, 1.165) is 5.56 Å². The highest BCUT2D eigenvalue weighted by atomic mass is 28.3. The van der Waals surface area contributed by atoms with E-state index in [0.29, 0.717) is 0 Å². The lowest BCUT2D eigenvalue weighted by molar-refractivity contribution is 0.767. The molecule has 0 fully saturated rings. The fourth-order valence-electron chi connectivity index (χ4n) is 0.745. The summed E-state index contributed by atoms with van der Waals surface area (Å²) in [5.74, 6) is 3.13. The summed E-state index contributed by atoms with van der Waals surface area (Å²) in [5, 5.41) is 4.05. The van der Waals surface area contributed by atoms with Crippen molar-refractivity contribution in [1.29, 1.82) is 0 Å². The van der Waals surface area contributed by atoms with Gasteiger partial charge in [-0.15, -0.1) is 5.54 Å². The van der Waals surface area contributed by atoms with Gasteiger partial charge in [0, 0.05) is 13.2 Å². The predicted octanol–water partition coefficient (Wildman–Crippen LogP) is 1.65. The number of aromatic nitrogens is 2. The van der Waals surface area contributed by atoms with E-state index in [4.69, 9.17) is 0 Å². The van der Waals surface area contributed by atoms with Crippen LogP contribution in [0.5, 0.6) is 0 Å². The third kappa shape index (κ3) is 2.93. The molecule has 1 aromatic heterocycles. The standard InChI is InChI=1S/C9H14N2Si/c1-11-8-9(7-10-11)5-6-12(2,3)4/h7-8H,1-4H3. The molecule has 0 atom stereocenters. The first-order chi connectivity index (χ1) is 5.47. The molecule has 0 bridgehead atoms. The summed E-state index contributed by atoms with van der Waals surface area (Å²) in [4.78, 5) is 0. The van der Waals surface area contributed by atoms with Gasteiger partial charge in [0.2, 0.25) is 0 Å². The summed E-state index contributed by atoms with van der Waals surface area (Å²) in [6.45, 7) is 6.70. The molecule has 0 radical (unpaired) electrons. The number of hydrogen-bond acceptors (Lipinski definition) is 1. The fourth-order valence-corrected chi connectivity index (χ4v) is 1.26. The minimum Gasteiger partial charge on any atom is -0.275 e. The van der Waals surface area contributed by atoms with Crippen molar-refractivity contribution in [3.63, 3.8) is 0 Å². The highest BCUT2D eigenvalue weighted by molar-refractivity contribution is 6.83. The molecule has 0 unspecified atom stereocenters. The van der Waals surface area contributed by atoms with Crippen LogP contribution in [0.2, 0.25) is 19.6 Å². The van der Waals surface area contributed by atoms with Gasteiger partial charge in [0.25, 0.3) is 0 Å². The topological polar surface area (TPSA) is 17.8 Å². The summed E-state index contributed by atoms with van der Waals surface area (Å²) in [6.07, 6.45) is 3.74. The molecule has 0 aliphatic carbocycles. The van der Waals surface area contributed by atoms with Crippen LogP contribution in [0.25, 0.3) is 0 Å². The van der Waals surface area contributed by atoms with Gasteiger partial charge in [-0.05, 0) is 0 Å². The zero-order chi connectivity index (χ0) is 9.19. The van der Waals surface area contributed by atoms with Crippen LogP contribution in [0, 0.1) is 11.5 Å². The summed E-state index contributed by atoms with van der Waals surface area (Å²) in [7, 11) is 0.674. The summed E-state index contributed by atoms with van der Waals surface area (Å²) in [6, 6.07) is 0. The van der Waals surface area contributed by atoms with Crippen LogP contribution in [0.3, 0.4) is 0 Å². The molecule has 0 saturated heterocycles. The van der Waals surface area contributed by atoms with Crippen LogP contribution in [0.1, 0.15) is 5.56 Å². The van der Waals surface area contributed by atoms with E-state index in [1.54, 1.807) is 10.9 Å². The third-order valence-electron chi connectivity index (χ3n) is 1.29. The van der Waals surface area contributed by atoms with Crippen molar-refractivity contribution in [2.45, 2.75) is 19.6 Å². The second-order valence-electron chi connectivity index (χ2n) is 3.90. The van der Waals surface area contributed by atoms with Gasteiger partial charge in [0.15, 0.2) is 0 Å². The molecule has 0 amide bonds. The Morgan fingerprint density at radius 2 is 2.08 bits per heavy atom. The molecule has 12 heavy (non-hydrogen) atoms. The largest absolute Gasteiger partial charge is 0.275 e. The average Bonchev–Trinajstić information content (AvgIpc) is 2.30. The molecule has 1 heterocycles. The Labute approximate surface area is 74.6 Å². The van der Waals surface area contributed by atoms with Crippen molar-refractivity contribution in [3.05, 3.63) is 18.0 Å². The lowest BCUT2D eigenvalue weighted by Gasteiger charge is -2.02. The molecule has 0 saturated carbocycles. The summed E-state index contributed by atoms with van der Waals surface area (Å²) >= 11 is 0. The lowest BCUT2D eigenvalue weighted by Crippen LogP contribution is -2.16. The minimum absolute atomic E-state index is 1.01. The van der Waals surface area contributed by atoms with E-state index >= 15 is 0 Å². The quantitative estimate of drug-likeness (QED) is 0.436. The van der Waals surface area contributed by atoms with Crippen molar-refractivity contribution in [3.8, 4) is 11.5 Å². The molecule has 0 spiro atoms. The Kier molecular flexibility index (Phi) is 2.39. The molecule has 1 rings (SSSR count). The van der Waals surface area contributed by atoms with Crippen molar-refractivity contribution < 1.29 is 0 Å². The van der Waals surface area contributed by atoms with Crippen LogP contribution in [0.4, 0.5) is 0 Å². The molecule has 0 aromatic carbocycles. The second kappa shape index (κ2) is 3.16. The van der Waals surface area contributed by atoms with Gasteiger partial charge < -0.3 is 0 Å². The van der Waals surface area contributed by atoms with Crippen LogP contribution in [0.15, 0.2) is 12.4 Å². The number of hydrogen-bond donors (Lipinski definition) is 0. The van der Waals surface area contributed by atoms with Crippen LogP contribution in [-0.2, 0) is 7.05 Å².